The molecule has 0 amide bonds. The first-order chi connectivity index (χ1) is 14.6. The minimum Gasteiger partial charge on any atom is -0.353 e. The van der Waals surface area contributed by atoms with Gasteiger partial charge in [0.1, 0.15) is 11.5 Å². The Bertz CT molecular complexity index is 1300. The van der Waals surface area contributed by atoms with Crippen molar-refractivity contribution in [1.29, 1.82) is 0 Å². The molecule has 0 spiro atoms. The molecule has 0 saturated carbocycles. The Morgan fingerprint density at radius 1 is 1.06 bits per heavy atom. The van der Waals surface area contributed by atoms with E-state index in [2.05, 4.69) is 15.3 Å². The molecule has 0 fully saturated rings. The van der Waals surface area contributed by atoms with Crippen LogP contribution in [0.3, 0.4) is 0 Å². The van der Waals surface area contributed by atoms with Crippen LogP contribution in [0.25, 0.3) is 11.0 Å². The Hall–Kier alpha value is -3.46. The van der Waals surface area contributed by atoms with Gasteiger partial charge in [0.2, 0.25) is 5.78 Å². The number of H-pyrrole nitrogens is 1. The molecule has 0 saturated heterocycles. The predicted molar refractivity (Wildman–Crippen MR) is 106 cm³/mol. The Labute approximate surface area is 176 Å². The number of aromatic nitrogens is 2. The molecule has 31 heavy (non-hydrogen) atoms. The van der Waals surface area contributed by atoms with Crippen LogP contribution >= 0.6 is 11.6 Å². The summed E-state index contributed by atoms with van der Waals surface area (Å²) in [5.74, 6) is -3.22. The molecule has 2 aromatic carbocycles. The number of pyridine rings is 1. The third kappa shape index (κ3) is 3.96. The van der Waals surface area contributed by atoms with E-state index < -0.39 is 34.7 Å². The average molecular weight is 452 g/mol. The molecule has 0 radical (unpaired) electrons. The minimum absolute atomic E-state index is 0.0329. The van der Waals surface area contributed by atoms with E-state index in [0.29, 0.717) is 5.65 Å². The van der Waals surface area contributed by atoms with Gasteiger partial charge in [-0.25, -0.2) is 13.8 Å². The highest BCUT2D eigenvalue weighted by Crippen LogP contribution is 2.32. The molecule has 2 aromatic heterocycles. The van der Waals surface area contributed by atoms with E-state index in [0.717, 1.165) is 36.4 Å². The van der Waals surface area contributed by atoms with Crippen LogP contribution in [-0.4, -0.2) is 15.8 Å². The molecule has 10 heteroatoms. The number of rotatable bonds is 4. The SMILES string of the molecule is O=C(c1c(F)ccc(Nc2ccc(C(F)(F)F)cc2)c1F)c1c[nH]c2ncc(Cl)cc12. The second-order valence-electron chi connectivity index (χ2n) is 6.57. The number of nitrogens with zero attached hydrogens (tertiary/aromatic N) is 1. The molecule has 4 nitrogen and oxygen atoms in total. The summed E-state index contributed by atoms with van der Waals surface area (Å²) in [7, 11) is 0. The van der Waals surface area contributed by atoms with Gasteiger partial charge in [0.25, 0.3) is 0 Å². The lowest BCUT2D eigenvalue weighted by molar-refractivity contribution is -0.137. The van der Waals surface area contributed by atoms with Crippen LogP contribution in [0.5, 0.6) is 0 Å². The van der Waals surface area contributed by atoms with E-state index in [4.69, 9.17) is 11.6 Å². The molecule has 4 rings (SSSR count). The van der Waals surface area contributed by atoms with E-state index >= 15 is 4.39 Å². The summed E-state index contributed by atoms with van der Waals surface area (Å²) in [4.78, 5) is 19.6. The Morgan fingerprint density at radius 2 is 1.77 bits per heavy atom. The molecule has 4 aromatic rings. The molecule has 0 bridgehead atoms. The zero-order valence-electron chi connectivity index (χ0n) is 15.3. The Kier molecular flexibility index (Phi) is 5.14. The fourth-order valence-corrected chi connectivity index (χ4v) is 3.21. The van der Waals surface area contributed by atoms with Gasteiger partial charge in [-0.1, -0.05) is 11.6 Å². The maximum atomic E-state index is 15.1. The lowest BCUT2D eigenvalue weighted by atomic mass is 10.0. The topological polar surface area (TPSA) is 57.8 Å². The van der Waals surface area contributed by atoms with Crippen molar-refractivity contribution in [3.05, 3.63) is 88.2 Å². The zero-order valence-corrected chi connectivity index (χ0v) is 16.1. The van der Waals surface area contributed by atoms with Gasteiger partial charge in [-0.15, -0.1) is 0 Å². The predicted octanol–water partition coefficient (Wildman–Crippen LogP) is 6.49. The largest absolute Gasteiger partial charge is 0.416 e. The van der Waals surface area contributed by atoms with E-state index in [9.17, 15) is 22.4 Å². The van der Waals surface area contributed by atoms with Gasteiger partial charge < -0.3 is 10.3 Å². The summed E-state index contributed by atoms with van der Waals surface area (Å²) in [5, 5.41) is 3.09. The lowest BCUT2D eigenvalue weighted by Gasteiger charge is -2.12. The first-order valence-electron chi connectivity index (χ1n) is 8.75. The first kappa shape index (κ1) is 20.8. The number of nitrogens with one attached hydrogen (secondary N) is 2. The smallest absolute Gasteiger partial charge is 0.353 e. The molecule has 158 valence electrons. The van der Waals surface area contributed by atoms with Gasteiger partial charge >= 0.3 is 6.18 Å². The summed E-state index contributed by atoms with van der Waals surface area (Å²) in [5.41, 5.74) is -1.57. The van der Waals surface area contributed by atoms with E-state index in [-0.39, 0.29) is 27.3 Å². The molecular weight excluding hydrogens is 441 g/mol. The van der Waals surface area contributed by atoms with E-state index in [1.54, 1.807) is 0 Å². The van der Waals surface area contributed by atoms with Crippen molar-refractivity contribution < 1.29 is 26.7 Å². The Morgan fingerprint density at radius 3 is 2.45 bits per heavy atom. The third-order valence-corrected chi connectivity index (χ3v) is 4.76. The number of carbonyl (C=O) groups excluding carboxylic acids is 1. The van der Waals surface area contributed by atoms with Gasteiger partial charge in [0.15, 0.2) is 5.82 Å². The molecule has 0 unspecified atom stereocenters. The van der Waals surface area contributed by atoms with Gasteiger partial charge in [-0.2, -0.15) is 13.2 Å². The molecule has 0 atom stereocenters. The summed E-state index contributed by atoms with van der Waals surface area (Å²) < 4.78 is 67.5. The van der Waals surface area contributed by atoms with E-state index in [1.807, 2.05) is 0 Å². The van der Waals surface area contributed by atoms with Crippen LogP contribution in [0, 0.1) is 11.6 Å². The second kappa shape index (κ2) is 7.66. The van der Waals surface area contributed by atoms with Crippen LogP contribution in [0.4, 0.5) is 33.3 Å². The maximum absolute atomic E-state index is 15.1. The number of fused-ring (bicyclic) bond motifs is 1. The van der Waals surface area contributed by atoms with Crippen molar-refractivity contribution in [1.82, 2.24) is 9.97 Å². The standard InChI is InChI=1S/C21H11ClF5N3O/c22-11-7-13-14(9-29-20(13)28-8-11)19(31)17-15(23)5-6-16(18(17)24)30-12-3-1-10(2-4-12)21(25,26)27/h1-9,30H,(H,28,29). The van der Waals surface area contributed by atoms with Crippen LogP contribution in [0.2, 0.25) is 5.02 Å². The highest BCUT2D eigenvalue weighted by molar-refractivity contribution is 6.31. The number of benzene rings is 2. The second-order valence-corrected chi connectivity index (χ2v) is 7.00. The van der Waals surface area contributed by atoms with Crippen molar-refractivity contribution in [2.75, 3.05) is 5.32 Å². The van der Waals surface area contributed by atoms with Gasteiger partial charge in [0.05, 0.1) is 21.8 Å². The summed E-state index contributed by atoms with van der Waals surface area (Å²) in [6.45, 7) is 0. The highest BCUT2D eigenvalue weighted by atomic mass is 35.5. The quantitative estimate of drug-likeness (QED) is 0.275. The number of hydrogen-bond acceptors (Lipinski definition) is 3. The van der Waals surface area contributed by atoms with Crippen molar-refractivity contribution in [2.24, 2.45) is 0 Å². The molecule has 0 aliphatic heterocycles. The number of alkyl halides is 3. The Balaban J connectivity index is 1.70. The van der Waals surface area contributed by atoms with Crippen molar-refractivity contribution in [3.8, 4) is 0 Å². The lowest BCUT2D eigenvalue weighted by Crippen LogP contribution is -2.09. The van der Waals surface area contributed by atoms with Gasteiger partial charge in [-0.05, 0) is 42.5 Å². The fourth-order valence-electron chi connectivity index (χ4n) is 3.06. The fraction of sp³-hybridized carbons (Fsp3) is 0.0476. The third-order valence-electron chi connectivity index (χ3n) is 4.55. The number of carbonyl (C=O) groups is 1. The monoisotopic (exact) mass is 451 g/mol. The van der Waals surface area contributed by atoms with Crippen LogP contribution in [0.15, 0.2) is 54.9 Å². The molecular formula is C21H11ClF5N3O. The minimum atomic E-state index is -4.52. The van der Waals surface area contributed by atoms with Crippen LogP contribution in [-0.2, 0) is 6.18 Å². The highest BCUT2D eigenvalue weighted by Gasteiger charge is 2.30. The van der Waals surface area contributed by atoms with Gasteiger partial charge in [0, 0.05) is 29.0 Å². The van der Waals surface area contributed by atoms with Crippen LogP contribution in [0.1, 0.15) is 21.5 Å². The molecule has 2 heterocycles. The number of hydrogen-bond donors (Lipinski definition) is 2. The first-order valence-corrected chi connectivity index (χ1v) is 9.12. The van der Waals surface area contributed by atoms with Crippen molar-refractivity contribution in [2.45, 2.75) is 6.18 Å². The maximum Gasteiger partial charge on any atom is 0.416 e. The van der Waals surface area contributed by atoms with Crippen LogP contribution < -0.4 is 5.32 Å². The van der Waals surface area contributed by atoms with Crippen molar-refractivity contribution >= 4 is 39.8 Å². The zero-order chi connectivity index (χ0) is 22.3. The summed E-state index contributed by atoms with van der Waals surface area (Å²) >= 11 is 5.90. The van der Waals surface area contributed by atoms with Gasteiger partial charge in [-0.3, -0.25) is 4.79 Å². The number of anilines is 2. The normalized spacial score (nSPS) is 11.7. The molecule has 0 aliphatic rings. The molecule has 2 N–H and O–H groups in total. The summed E-state index contributed by atoms with van der Waals surface area (Å²) in [6, 6.07) is 7.21. The summed E-state index contributed by atoms with van der Waals surface area (Å²) in [6.07, 6.45) is -1.90. The van der Waals surface area contributed by atoms with Crippen molar-refractivity contribution in [3.63, 3.8) is 0 Å². The number of halogens is 6. The molecule has 0 aliphatic carbocycles. The average Bonchev–Trinajstić information content (AvgIpc) is 3.13. The number of ketones is 1. The number of aromatic amines is 1. The van der Waals surface area contributed by atoms with E-state index in [1.165, 1.54) is 18.5 Å².